The van der Waals surface area contributed by atoms with Crippen LogP contribution < -0.4 is 16.0 Å². The first-order chi connectivity index (χ1) is 54.0. The van der Waals surface area contributed by atoms with E-state index in [9.17, 15) is 33.9 Å². The Kier molecular flexibility index (Phi) is 23.9. The highest BCUT2D eigenvalue weighted by Crippen LogP contribution is 2.36. The fraction of sp³-hybridized carbons (Fsp3) is 0.149. The summed E-state index contributed by atoms with van der Waals surface area (Å²) >= 11 is 0. The molecule has 4 aromatic carbocycles. The molecule has 23 heteroatoms. The number of rotatable bonds is 18. The van der Waals surface area contributed by atoms with Gasteiger partial charge in [-0.2, -0.15) is 0 Å². The van der Waals surface area contributed by atoms with Crippen molar-refractivity contribution in [3.05, 3.63) is 290 Å². The lowest BCUT2D eigenvalue weighted by atomic mass is 9.97. The summed E-state index contributed by atoms with van der Waals surface area (Å²) in [4.78, 5) is 110. The molecular formula is C87H80N16O7. The summed E-state index contributed by atoms with van der Waals surface area (Å²) in [6, 6.07) is 48.7. The van der Waals surface area contributed by atoms with E-state index in [-0.39, 0.29) is 23.9 Å². The number of H-pyrrole nitrogens is 4. The average molecular weight is 1460 g/mol. The number of aliphatic hydroxyl groups is 1. The van der Waals surface area contributed by atoms with Gasteiger partial charge in [0.2, 0.25) is 0 Å². The SMILES string of the molecule is CCCCNC(=O)n1ccc2c(C(=O)c3c[nH]c4ncc(-c5cccnc5)cc34)cccc21.CCCCNC(=O)n1ccc2c(C(O)c3c[nH]c4ncc(-c5cccnc5)cc34)cccc21.CCCCNC(=O)n1ccc2c(C=O)cccc21.O=Cc1cccc2[nH]ccc12.c1cncc(-c2cnc3[nH]ccc3c2)c1. The maximum Gasteiger partial charge on any atom is 0.326 e. The number of carbonyl (C=O) groups excluding carboxylic acids is 6. The third-order valence-electron chi connectivity index (χ3n) is 18.8. The molecule has 13 heterocycles. The van der Waals surface area contributed by atoms with Gasteiger partial charge in [0.15, 0.2) is 18.4 Å². The number of aldehydes is 2. The lowest BCUT2D eigenvalue weighted by Gasteiger charge is -2.13. The number of carbonyl (C=O) groups is 6. The van der Waals surface area contributed by atoms with E-state index in [1.54, 1.807) is 114 Å². The van der Waals surface area contributed by atoms with Crippen molar-refractivity contribution in [2.24, 2.45) is 0 Å². The van der Waals surface area contributed by atoms with Gasteiger partial charge in [0.25, 0.3) is 0 Å². The largest absolute Gasteiger partial charge is 0.384 e. The average Bonchev–Trinajstić information content (AvgIpc) is 1.60. The normalized spacial score (nSPS) is 11.2. The van der Waals surface area contributed by atoms with Crippen LogP contribution in [0, 0.1) is 0 Å². The molecule has 0 aliphatic carbocycles. The van der Waals surface area contributed by atoms with Crippen molar-refractivity contribution in [1.82, 2.24) is 79.5 Å². The summed E-state index contributed by atoms with van der Waals surface area (Å²) in [5.74, 6) is -0.124. The predicted octanol–water partition coefficient (Wildman–Crippen LogP) is 17.6. The molecule has 0 saturated carbocycles. The van der Waals surface area contributed by atoms with E-state index in [2.05, 4.69) is 92.6 Å². The molecule has 3 amide bonds. The van der Waals surface area contributed by atoms with E-state index in [1.807, 2.05) is 146 Å². The smallest absolute Gasteiger partial charge is 0.326 e. The first kappa shape index (κ1) is 74.2. The number of hydrogen-bond donors (Lipinski definition) is 8. The van der Waals surface area contributed by atoms with Crippen molar-refractivity contribution < 1.29 is 33.9 Å². The Balaban J connectivity index is 0.000000128. The minimum absolute atomic E-state index is 0.124. The molecule has 17 aromatic rings. The summed E-state index contributed by atoms with van der Waals surface area (Å²) < 4.78 is 4.69. The Morgan fingerprint density at radius 3 is 1.45 bits per heavy atom. The summed E-state index contributed by atoms with van der Waals surface area (Å²) in [5, 5.41) is 26.2. The summed E-state index contributed by atoms with van der Waals surface area (Å²) in [6.07, 6.45) is 35.1. The second-order valence-corrected chi connectivity index (χ2v) is 25.9. The van der Waals surface area contributed by atoms with Gasteiger partial charge in [0.05, 0.1) is 16.6 Å². The maximum atomic E-state index is 13.6. The second-order valence-electron chi connectivity index (χ2n) is 25.9. The minimum atomic E-state index is -0.882. The van der Waals surface area contributed by atoms with Gasteiger partial charge in [-0.1, -0.05) is 107 Å². The second kappa shape index (κ2) is 35.4. The summed E-state index contributed by atoms with van der Waals surface area (Å²) in [5.41, 5.74) is 15.3. The lowest BCUT2D eigenvalue weighted by Crippen LogP contribution is -2.28. The molecule has 0 aliphatic rings. The van der Waals surface area contributed by atoms with Crippen molar-refractivity contribution in [3.63, 3.8) is 0 Å². The number of fused-ring (bicyclic) bond motifs is 7. The number of hydrogen-bond acceptors (Lipinski definition) is 13. The quantitative estimate of drug-likeness (QED) is 0.0225. The predicted molar refractivity (Wildman–Crippen MR) is 431 cm³/mol. The van der Waals surface area contributed by atoms with E-state index < -0.39 is 6.10 Å². The van der Waals surface area contributed by atoms with Gasteiger partial charge in [-0.05, 0) is 116 Å². The monoisotopic (exact) mass is 1460 g/mol. The van der Waals surface area contributed by atoms with Gasteiger partial charge >= 0.3 is 18.1 Å². The Hall–Kier alpha value is -14.1. The van der Waals surface area contributed by atoms with Gasteiger partial charge in [0.1, 0.15) is 23.0 Å². The number of aromatic amines is 4. The molecule has 0 bridgehead atoms. The van der Waals surface area contributed by atoms with Gasteiger partial charge in [-0.15, -0.1) is 0 Å². The molecule has 0 spiro atoms. The number of amides is 3. The van der Waals surface area contributed by atoms with Crippen LogP contribution in [-0.2, 0) is 0 Å². The standard InChI is InChI=1S/C26H25N5O2.C26H23N5O2.C14H16N2O2.C12H9N3.C9H7NO/c2*1-2-3-11-28-26(33)31-12-9-19-20(7-4-8-23(19)31)24(32)22-16-30-25-21(22)13-18(15-29-25)17-6-5-10-27-14-17;1-2-3-8-15-14(18)16-9-7-12-11(10-17)5-4-6-13(12)16;1-2-10(7-13-4-1)11-6-9-3-5-14-12(9)15-8-11;11-6-7-2-1-3-9-8(7)4-5-10-9/h4-10,12-16,24,32H,2-3,11H2,1H3,(H,28,33)(H,29,30);4-10,12-16H,2-3,11H2,1H3,(H,28,33)(H,29,30);4-7,9-10H,2-3,8H2,1H3,(H,15,18);1-8H,(H,14,15);1-6,10H. The van der Waals surface area contributed by atoms with Crippen LogP contribution in [0.2, 0.25) is 0 Å². The molecule has 1 unspecified atom stereocenters. The van der Waals surface area contributed by atoms with Crippen LogP contribution in [-0.4, -0.2) is 125 Å². The highest BCUT2D eigenvalue weighted by atomic mass is 16.3. The molecule has 0 aliphatic heterocycles. The van der Waals surface area contributed by atoms with Gasteiger partial charge in [-0.25, -0.2) is 29.3 Å². The van der Waals surface area contributed by atoms with Crippen LogP contribution in [0.5, 0.6) is 0 Å². The van der Waals surface area contributed by atoms with Gasteiger partial charge < -0.3 is 41.0 Å². The highest BCUT2D eigenvalue weighted by Gasteiger charge is 2.23. The molecule has 23 nitrogen and oxygen atoms in total. The molecule has 17 rings (SSSR count). The highest BCUT2D eigenvalue weighted by molar-refractivity contribution is 6.21. The number of ketones is 1. The molecule has 8 N–H and O–H groups in total. The number of aromatic nitrogens is 13. The Morgan fingerprint density at radius 2 is 0.891 bits per heavy atom. The van der Waals surface area contributed by atoms with E-state index in [0.717, 1.165) is 161 Å². The van der Waals surface area contributed by atoms with Crippen LogP contribution in [0.4, 0.5) is 14.4 Å². The van der Waals surface area contributed by atoms with Crippen molar-refractivity contribution in [1.29, 1.82) is 0 Å². The zero-order chi connectivity index (χ0) is 76.3. The number of nitrogens with one attached hydrogen (secondary N) is 7. The third kappa shape index (κ3) is 16.6. The lowest BCUT2D eigenvalue weighted by molar-refractivity contribution is 0.104. The van der Waals surface area contributed by atoms with Crippen LogP contribution in [0.15, 0.2) is 257 Å². The van der Waals surface area contributed by atoms with Crippen molar-refractivity contribution in [3.8, 4) is 33.4 Å². The zero-order valence-electron chi connectivity index (χ0n) is 60.8. The molecule has 13 aromatic heterocycles. The van der Waals surface area contributed by atoms with E-state index in [0.29, 0.717) is 53.1 Å². The van der Waals surface area contributed by atoms with Crippen molar-refractivity contribution >= 4 is 113 Å². The van der Waals surface area contributed by atoms with E-state index in [4.69, 9.17) is 0 Å². The molecule has 0 radical (unpaired) electrons. The summed E-state index contributed by atoms with van der Waals surface area (Å²) in [7, 11) is 0. The first-order valence-corrected chi connectivity index (χ1v) is 36.4. The number of pyridine rings is 6. The zero-order valence-corrected chi connectivity index (χ0v) is 60.8. The molecular weight excluding hydrogens is 1380 g/mol. The minimum Gasteiger partial charge on any atom is -0.384 e. The number of benzene rings is 4. The Morgan fingerprint density at radius 1 is 0.418 bits per heavy atom. The molecule has 1 atom stereocenters. The Labute approximate surface area is 631 Å². The molecule has 110 heavy (non-hydrogen) atoms. The van der Waals surface area contributed by atoms with Crippen LogP contribution in [0.3, 0.4) is 0 Å². The van der Waals surface area contributed by atoms with Gasteiger partial charge in [-0.3, -0.25) is 43.0 Å². The van der Waals surface area contributed by atoms with Crippen molar-refractivity contribution in [2.45, 2.75) is 65.4 Å². The number of unbranched alkanes of at least 4 members (excludes halogenated alkanes) is 3. The van der Waals surface area contributed by atoms with Crippen molar-refractivity contribution in [2.75, 3.05) is 19.6 Å². The third-order valence-corrected chi connectivity index (χ3v) is 18.8. The topological polar surface area (TPSA) is 314 Å². The first-order valence-electron chi connectivity index (χ1n) is 36.4. The fourth-order valence-electron chi connectivity index (χ4n) is 13.0. The van der Waals surface area contributed by atoms with Gasteiger partial charge in [0, 0.05) is 223 Å². The van der Waals surface area contributed by atoms with Crippen LogP contribution >= 0.6 is 0 Å². The molecule has 550 valence electrons. The fourth-order valence-corrected chi connectivity index (χ4v) is 13.0. The molecule has 0 fully saturated rings. The van der Waals surface area contributed by atoms with E-state index in [1.165, 1.54) is 4.57 Å². The Bertz CT molecular complexity index is 6050. The number of aliphatic hydroxyl groups excluding tert-OH is 1. The maximum absolute atomic E-state index is 13.6. The van der Waals surface area contributed by atoms with E-state index >= 15 is 0 Å². The summed E-state index contributed by atoms with van der Waals surface area (Å²) in [6.45, 7) is 8.17. The molecule has 0 saturated heterocycles. The number of nitrogens with zero attached hydrogens (tertiary/aromatic N) is 9. The van der Waals surface area contributed by atoms with Crippen LogP contribution in [0.25, 0.3) is 110 Å². The van der Waals surface area contributed by atoms with Crippen LogP contribution in [0.1, 0.15) is 113 Å².